The summed E-state index contributed by atoms with van der Waals surface area (Å²) in [6, 6.07) is 10.4. The van der Waals surface area contributed by atoms with Crippen LogP contribution in [0.4, 0.5) is 0 Å². The molecule has 1 aliphatic heterocycles. The number of thiocarbonyl (C=S) groups is 1. The molecule has 10 heteroatoms. The molecule has 0 bridgehead atoms. The molecule has 150 valence electrons. The molecule has 1 aromatic carbocycles. The van der Waals surface area contributed by atoms with Gasteiger partial charge in [0.2, 0.25) is 0 Å². The lowest BCUT2D eigenvalue weighted by Gasteiger charge is -2.15. The Bertz CT molecular complexity index is 959. The molecule has 2 aromatic rings. The predicted molar refractivity (Wildman–Crippen MR) is 113 cm³/mol. The first-order chi connectivity index (χ1) is 13.8. The van der Waals surface area contributed by atoms with Gasteiger partial charge in [-0.1, -0.05) is 30.0 Å². The lowest BCUT2D eigenvalue weighted by atomic mass is 10.2. The third kappa shape index (κ3) is 6.13. The second-order valence-electron chi connectivity index (χ2n) is 5.45. The molecule has 0 saturated carbocycles. The van der Waals surface area contributed by atoms with Gasteiger partial charge in [-0.3, -0.25) is 24.8 Å². The summed E-state index contributed by atoms with van der Waals surface area (Å²) in [6.45, 7) is 1.08. The fraction of sp³-hybridized carbons (Fsp3) is 0.105. The Hall–Kier alpha value is -3.24. The van der Waals surface area contributed by atoms with E-state index in [-0.39, 0.29) is 10.2 Å². The molecule has 0 radical (unpaired) electrons. The van der Waals surface area contributed by atoms with E-state index in [2.05, 4.69) is 10.4 Å². The normalized spacial score (nSPS) is 14.3. The van der Waals surface area contributed by atoms with Gasteiger partial charge in [-0.05, 0) is 36.5 Å². The number of hydrogen-bond acceptors (Lipinski definition) is 7. The lowest BCUT2D eigenvalue weighted by Crippen LogP contribution is -2.44. The van der Waals surface area contributed by atoms with E-state index in [9.17, 15) is 9.59 Å². The molecular formula is C19H17N3O5S2. The van der Waals surface area contributed by atoms with E-state index in [0.29, 0.717) is 16.2 Å². The summed E-state index contributed by atoms with van der Waals surface area (Å²) < 4.78 is 5.54. The third-order valence-corrected chi connectivity index (χ3v) is 4.68. The number of carbonyl (C=O) groups is 3. The Morgan fingerprint density at radius 3 is 2.48 bits per heavy atom. The number of ether oxygens (including phenoxy) is 1. The van der Waals surface area contributed by atoms with Gasteiger partial charge < -0.3 is 9.84 Å². The maximum absolute atomic E-state index is 12.6. The Morgan fingerprint density at radius 2 is 1.86 bits per heavy atom. The molecule has 1 fully saturated rings. The van der Waals surface area contributed by atoms with Crippen LogP contribution in [-0.4, -0.2) is 44.3 Å². The fourth-order valence-corrected chi connectivity index (χ4v) is 3.33. The SMILES string of the molecule is CC(=O)O.COc1ccccc1C=C1SC(=S)N(NC(=O)c2ccncc2)C1=O. The number of carbonyl (C=O) groups excluding carboxylic acids is 2. The summed E-state index contributed by atoms with van der Waals surface area (Å²) >= 11 is 6.33. The topological polar surface area (TPSA) is 109 Å². The number of pyridine rings is 1. The molecule has 8 nitrogen and oxygen atoms in total. The zero-order valence-electron chi connectivity index (χ0n) is 15.5. The van der Waals surface area contributed by atoms with Crippen LogP contribution in [-0.2, 0) is 9.59 Å². The van der Waals surface area contributed by atoms with E-state index in [4.69, 9.17) is 26.9 Å². The summed E-state index contributed by atoms with van der Waals surface area (Å²) in [5, 5.41) is 8.49. The highest BCUT2D eigenvalue weighted by atomic mass is 32.2. The van der Waals surface area contributed by atoms with E-state index >= 15 is 0 Å². The number of methoxy groups -OCH3 is 1. The molecule has 29 heavy (non-hydrogen) atoms. The van der Waals surface area contributed by atoms with Crippen LogP contribution in [0.15, 0.2) is 53.7 Å². The molecule has 0 spiro atoms. The summed E-state index contributed by atoms with van der Waals surface area (Å²) in [7, 11) is 1.56. The van der Waals surface area contributed by atoms with Gasteiger partial charge in [0.05, 0.1) is 12.0 Å². The second-order valence-corrected chi connectivity index (χ2v) is 7.13. The summed E-state index contributed by atoms with van der Waals surface area (Å²) in [5.41, 5.74) is 3.66. The van der Waals surface area contributed by atoms with Crippen LogP contribution in [0.25, 0.3) is 6.08 Å². The molecule has 0 aliphatic carbocycles. The molecule has 2 N–H and O–H groups in total. The van der Waals surface area contributed by atoms with Gasteiger partial charge in [0.15, 0.2) is 4.32 Å². The van der Waals surface area contributed by atoms with E-state index in [1.807, 2.05) is 18.2 Å². The first kappa shape index (κ1) is 22.1. The van der Waals surface area contributed by atoms with Crippen molar-refractivity contribution in [3.63, 3.8) is 0 Å². The zero-order chi connectivity index (χ0) is 21.4. The van der Waals surface area contributed by atoms with Crippen LogP contribution in [0.3, 0.4) is 0 Å². The molecule has 3 rings (SSSR count). The second kappa shape index (κ2) is 10.3. The highest BCUT2D eigenvalue weighted by Gasteiger charge is 2.34. The Labute approximate surface area is 176 Å². The molecule has 0 unspecified atom stereocenters. The van der Waals surface area contributed by atoms with Crippen LogP contribution >= 0.6 is 24.0 Å². The lowest BCUT2D eigenvalue weighted by molar-refractivity contribution is -0.134. The number of nitrogens with zero attached hydrogens (tertiary/aromatic N) is 2. The number of aliphatic carboxylic acids is 1. The number of nitrogens with one attached hydrogen (secondary N) is 1. The quantitative estimate of drug-likeness (QED) is 0.562. The number of carboxylic acid groups (broad SMARTS) is 1. The van der Waals surface area contributed by atoms with Gasteiger partial charge in [-0.2, -0.15) is 5.01 Å². The van der Waals surface area contributed by atoms with Crippen molar-refractivity contribution in [2.45, 2.75) is 6.92 Å². The molecular weight excluding hydrogens is 414 g/mol. The smallest absolute Gasteiger partial charge is 0.300 e. The van der Waals surface area contributed by atoms with Gasteiger partial charge in [-0.25, -0.2) is 0 Å². The minimum absolute atomic E-state index is 0.258. The number of carboxylic acids is 1. The maximum Gasteiger partial charge on any atom is 0.300 e. The zero-order valence-corrected chi connectivity index (χ0v) is 17.1. The summed E-state index contributed by atoms with van der Waals surface area (Å²) in [5.74, 6) is -1.01. The standard InChI is InChI=1S/C17H13N3O3S2.C2H4O2/c1-23-13-5-3-2-4-12(13)10-14-16(22)20(17(24)25-14)19-15(21)11-6-8-18-9-7-11;1-2(3)4/h2-10H,1H3,(H,19,21);1H3,(H,3,4). The Morgan fingerprint density at radius 1 is 1.24 bits per heavy atom. The van der Waals surface area contributed by atoms with Crippen molar-refractivity contribution in [2.24, 2.45) is 0 Å². The van der Waals surface area contributed by atoms with Crippen molar-refractivity contribution < 1.29 is 24.2 Å². The molecule has 1 aliphatic rings. The van der Waals surface area contributed by atoms with Crippen LogP contribution in [0.5, 0.6) is 5.75 Å². The van der Waals surface area contributed by atoms with Crippen molar-refractivity contribution in [3.8, 4) is 5.75 Å². The van der Waals surface area contributed by atoms with Crippen molar-refractivity contribution in [2.75, 3.05) is 7.11 Å². The Balaban J connectivity index is 0.000000687. The number of benzene rings is 1. The number of para-hydroxylation sites is 1. The molecule has 2 heterocycles. The van der Waals surface area contributed by atoms with Crippen molar-refractivity contribution in [3.05, 3.63) is 64.8 Å². The van der Waals surface area contributed by atoms with E-state index < -0.39 is 11.9 Å². The van der Waals surface area contributed by atoms with Gasteiger partial charge in [0, 0.05) is 30.4 Å². The van der Waals surface area contributed by atoms with Crippen LogP contribution in [0.1, 0.15) is 22.8 Å². The number of aromatic nitrogens is 1. The number of hydrazine groups is 1. The number of thioether (sulfide) groups is 1. The van der Waals surface area contributed by atoms with Crippen molar-refractivity contribution in [1.82, 2.24) is 15.4 Å². The van der Waals surface area contributed by atoms with Gasteiger partial charge in [-0.15, -0.1) is 0 Å². The predicted octanol–water partition coefficient (Wildman–Crippen LogP) is 2.73. The van der Waals surface area contributed by atoms with Gasteiger partial charge >= 0.3 is 0 Å². The molecule has 2 amide bonds. The largest absolute Gasteiger partial charge is 0.496 e. The van der Waals surface area contributed by atoms with Crippen molar-refractivity contribution in [1.29, 1.82) is 0 Å². The van der Waals surface area contributed by atoms with Crippen molar-refractivity contribution >= 4 is 52.2 Å². The van der Waals surface area contributed by atoms with Crippen LogP contribution in [0, 0.1) is 0 Å². The Kier molecular flexibility index (Phi) is 7.87. The average molecular weight is 431 g/mol. The first-order valence-electron chi connectivity index (χ1n) is 8.15. The molecule has 1 saturated heterocycles. The van der Waals surface area contributed by atoms with E-state index in [0.717, 1.165) is 29.3 Å². The van der Waals surface area contributed by atoms with Gasteiger partial charge in [0.25, 0.3) is 17.8 Å². The minimum Gasteiger partial charge on any atom is -0.496 e. The van der Waals surface area contributed by atoms with E-state index in [1.54, 1.807) is 31.4 Å². The van der Waals surface area contributed by atoms with Crippen LogP contribution < -0.4 is 10.2 Å². The van der Waals surface area contributed by atoms with Crippen LogP contribution in [0.2, 0.25) is 0 Å². The monoisotopic (exact) mass is 431 g/mol. The summed E-state index contributed by atoms with van der Waals surface area (Å²) in [6.07, 6.45) is 4.69. The summed E-state index contributed by atoms with van der Waals surface area (Å²) in [4.78, 5) is 38.0. The highest BCUT2D eigenvalue weighted by molar-refractivity contribution is 8.26. The average Bonchev–Trinajstić information content (AvgIpc) is 2.96. The maximum atomic E-state index is 12.6. The molecule has 1 aromatic heterocycles. The minimum atomic E-state index is -0.833. The molecule has 0 atom stereocenters. The number of amides is 2. The van der Waals surface area contributed by atoms with E-state index in [1.165, 1.54) is 12.4 Å². The number of hydrogen-bond donors (Lipinski definition) is 2. The highest BCUT2D eigenvalue weighted by Crippen LogP contribution is 2.33. The number of rotatable bonds is 4. The van der Waals surface area contributed by atoms with Gasteiger partial charge in [0.1, 0.15) is 5.75 Å². The third-order valence-electron chi connectivity index (χ3n) is 3.38. The fourth-order valence-electron chi connectivity index (χ4n) is 2.16. The first-order valence-corrected chi connectivity index (χ1v) is 9.37.